The molecule has 3 aromatic heterocycles. The molecule has 0 atom stereocenters. The van der Waals surface area contributed by atoms with E-state index in [1.807, 2.05) is 0 Å². The quantitative estimate of drug-likeness (QED) is 0.537. The molecule has 0 amide bonds. The minimum absolute atomic E-state index is 0.164. The molecular formula is C21H17N3O5. The maximum Gasteiger partial charge on any atom is 0.268 e. The number of carbonyl (C=O) groups is 2. The number of nitrogens with zero attached hydrogens (tertiary/aromatic N) is 3. The molecule has 146 valence electrons. The number of carbonyl (C=O) groups excluding carboxylic acids is 2. The van der Waals surface area contributed by atoms with Crippen molar-refractivity contribution in [2.75, 3.05) is 7.11 Å². The van der Waals surface area contributed by atoms with Crippen molar-refractivity contribution in [3.05, 3.63) is 70.0 Å². The van der Waals surface area contributed by atoms with Crippen LogP contribution < -0.4 is 10.3 Å². The number of aliphatic hydroxyl groups is 1. The number of fused-ring (bicyclic) bond motifs is 1. The molecular weight excluding hydrogens is 374 g/mol. The first-order valence-corrected chi connectivity index (χ1v) is 9.02. The summed E-state index contributed by atoms with van der Waals surface area (Å²) in [5.74, 6) is -1.14. The van der Waals surface area contributed by atoms with Crippen molar-refractivity contribution in [1.82, 2.24) is 14.5 Å². The van der Waals surface area contributed by atoms with E-state index >= 15 is 0 Å². The predicted molar refractivity (Wildman–Crippen MR) is 105 cm³/mol. The van der Waals surface area contributed by atoms with Crippen LogP contribution in [0.15, 0.2) is 58.9 Å². The number of methoxy groups -OCH3 is 1. The summed E-state index contributed by atoms with van der Waals surface area (Å²) in [7, 11) is 1.48. The van der Waals surface area contributed by atoms with E-state index in [9.17, 15) is 19.5 Å². The highest BCUT2D eigenvalue weighted by atomic mass is 16.5. The molecule has 29 heavy (non-hydrogen) atoms. The fourth-order valence-electron chi connectivity index (χ4n) is 3.39. The maximum absolute atomic E-state index is 13.3. The van der Waals surface area contributed by atoms with Gasteiger partial charge in [0.05, 0.1) is 24.6 Å². The lowest BCUT2D eigenvalue weighted by Crippen LogP contribution is -2.29. The van der Waals surface area contributed by atoms with Crippen molar-refractivity contribution in [3.63, 3.8) is 0 Å². The van der Waals surface area contributed by atoms with Gasteiger partial charge < -0.3 is 9.84 Å². The van der Waals surface area contributed by atoms with E-state index in [2.05, 4.69) is 9.97 Å². The molecule has 4 rings (SSSR count). The Hall–Kier alpha value is -3.81. The number of Topliss-reactive ketones (excluding diaryl/α,β-unsaturated/α-hetero) is 2. The Morgan fingerprint density at radius 1 is 1.17 bits per heavy atom. The minimum Gasteiger partial charge on any atom is -0.511 e. The molecule has 1 aliphatic rings. The summed E-state index contributed by atoms with van der Waals surface area (Å²) in [4.78, 5) is 46.9. The number of hydrogen-bond donors (Lipinski definition) is 1. The Morgan fingerprint density at radius 3 is 2.69 bits per heavy atom. The third kappa shape index (κ3) is 3.18. The first-order chi connectivity index (χ1) is 14.0. The Labute approximate surface area is 165 Å². The van der Waals surface area contributed by atoms with E-state index in [0.29, 0.717) is 29.0 Å². The molecule has 8 nitrogen and oxygen atoms in total. The topological polar surface area (TPSA) is 111 Å². The summed E-state index contributed by atoms with van der Waals surface area (Å²) in [6, 6.07) is 8.01. The number of aromatic nitrogens is 3. The standard InChI is InChI=1S/C21H17N3O5/c1-29-17-8-7-13(11-23-17)24-20-12(4-3-9-22-20)10-14(21(24)28)19(27)18-15(25)5-2-6-16(18)26/h3-4,7-11,25H,2,5-6H2,1H3. The second kappa shape index (κ2) is 7.31. The largest absolute Gasteiger partial charge is 0.511 e. The summed E-state index contributed by atoms with van der Waals surface area (Å²) >= 11 is 0. The van der Waals surface area contributed by atoms with E-state index in [1.165, 1.54) is 30.1 Å². The van der Waals surface area contributed by atoms with Crippen LogP contribution >= 0.6 is 0 Å². The molecule has 1 aliphatic carbocycles. The monoisotopic (exact) mass is 391 g/mol. The Bertz CT molecular complexity index is 1230. The second-order valence-corrected chi connectivity index (χ2v) is 6.60. The average molecular weight is 391 g/mol. The van der Waals surface area contributed by atoms with Crippen LogP contribution in [0.25, 0.3) is 16.7 Å². The van der Waals surface area contributed by atoms with Crippen LogP contribution in [0.4, 0.5) is 0 Å². The highest BCUT2D eigenvalue weighted by Gasteiger charge is 2.30. The molecule has 0 spiro atoms. The maximum atomic E-state index is 13.3. The van der Waals surface area contributed by atoms with Crippen molar-refractivity contribution in [2.24, 2.45) is 0 Å². The number of allylic oxidation sites excluding steroid dienone is 2. The van der Waals surface area contributed by atoms with Gasteiger partial charge in [0.1, 0.15) is 17.0 Å². The number of pyridine rings is 3. The molecule has 0 saturated carbocycles. The summed E-state index contributed by atoms with van der Waals surface area (Å²) in [6.45, 7) is 0. The van der Waals surface area contributed by atoms with Crippen LogP contribution in [0, 0.1) is 0 Å². The van der Waals surface area contributed by atoms with E-state index < -0.39 is 17.1 Å². The zero-order valence-corrected chi connectivity index (χ0v) is 15.6. The highest BCUT2D eigenvalue weighted by Crippen LogP contribution is 2.24. The molecule has 8 heteroatoms. The SMILES string of the molecule is COc1ccc(-n2c(=O)c(C(=O)C3=C(O)CCCC3=O)cc3cccnc32)cn1. The van der Waals surface area contributed by atoms with Crippen molar-refractivity contribution >= 4 is 22.6 Å². The molecule has 0 bridgehead atoms. The van der Waals surface area contributed by atoms with Crippen LogP contribution in [0.1, 0.15) is 29.6 Å². The molecule has 3 aromatic rings. The van der Waals surface area contributed by atoms with Crippen molar-refractivity contribution in [3.8, 4) is 11.6 Å². The van der Waals surface area contributed by atoms with Gasteiger partial charge in [0.25, 0.3) is 5.56 Å². The first kappa shape index (κ1) is 18.5. The van der Waals surface area contributed by atoms with E-state index in [0.717, 1.165) is 0 Å². The Kier molecular flexibility index (Phi) is 4.67. The van der Waals surface area contributed by atoms with Gasteiger partial charge in [-0.1, -0.05) is 0 Å². The molecule has 3 heterocycles. The first-order valence-electron chi connectivity index (χ1n) is 9.02. The summed E-state index contributed by atoms with van der Waals surface area (Å²) < 4.78 is 6.31. The highest BCUT2D eigenvalue weighted by molar-refractivity contribution is 6.27. The number of aliphatic hydroxyl groups excluding tert-OH is 1. The third-order valence-electron chi connectivity index (χ3n) is 4.81. The van der Waals surface area contributed by atoms with Crippen molar-refractivity contribution in [2.45, 2.75) is 19.3 Å². The minimum atomic E-state index is -0.779. The van der Waals surface area contributed by atoms with Crippen LogP contribution in [0.2, 0.25) is 0 Å². The average Bonchev–Trinajstić information content (AvgIpc) is 2.73. The van der Waals surface area contributed by atoms with Crippen LogP contribution in [0.3, 0.4) is 0 Å². The van der Waals surface area contributed by atoms with Gasteiger partial charge in [-0.3, -0.25) is 19.0 Å². The van der Waals surface area contributed by atoms with E-state index in [1.54, 1.807) is 24.3 Å². The fourth-order valence-corrected chi connectivity index (χ4v) is 3.39. The smallest absolute Gasteiger partial charge is 0.268 e. The molecule has 1 N–H and O–H groups in total. The normalized spacial score (nSPS) is 14.3. The molecule has 0 unspecified atom stereocenters. The zero-order valence-electron chi connectivity index (χ0n) is 15.6. The predicted octanol–water partition coefficient (Wildman–Crippen LogP) is 2.54. The van der Waals surface area contributed by atoms with Gasteiger partial charge in [-0.15, -0.1) is 0 Å². The van der Waals surface area contributed by atoms with Gasteiger partial charge in [0.2, 0.25) is 11.7 Å². The van der Waals surface area contributed by atoms with Crippen molar-refractivity contribution < 1.29 is 19.4 Å². The molecule has 0 saturated heterocycles. The van der Waals surface area contributed by atoms with Gasteiger partial charge in [0, 0.05) is 30.5 Å². The lowest BCUT2D eigenvalue weighted by Gasteiger charge is -2.15. The number of rotatable bonds is 4. The number of ether oxygens (including phenoxy) is 1. The molecule has 0 fully saturated rings. The van der Waals surface area contributed by atoms with Crippen LogP contribution in [0.5, 0.6) is 5.88 Å². The molecule has 0 aromatic carbocycles. The van der Waals surface area contributed by atoms with Gasteiger partial charge in [-0.05, 0) is 30.7 Å². The fraction of sp³-hybridized carbons (Fsp3) is 0.190. The van der Waals surface area contributed by atoms with E-state index in [4.69, 9.17) is 4.74 Å². The Morgan fingerprint density at radius 2 is 2.00 bits per heavy atom. The third-order valence-corrected chi connectivity index (χ3v) is 4.81. The second-order valence-electron chi connectivity index (χ2n) is 6.60. The number of ketones is 2. The number of hydrogen-bond acceptors (Lipinski definition) is 7. The van der Waals surface area contributed by atoms with Gasteiger partial charge in [-0.2, -0.15) is 0 Å². The summed E-state index contributed by atoms with van der Waals surface area (Å²) in [5, 5.41) is 10.6. The van der Waals surface area contributed by atoms with Gasteiger partial charge in [-0.25, -0.2) is 9.97 Å². The lowest BCUT2D eigenvalue weighted by molar-refractivity contribution is -0.116. The lowest BCUT2D eigenvalue weighted by atomic mass is 9.90. The van der Waals surface area contributed by atoms with Crippen molar-refractivity contribution in [1.29, 1.82) is 0 Å². The Balaban J connectivity index is 1.97. The molecule has 0 aliphatic heterocycles. The summed E-state index contributed by atoms with van der Waals surface area (Å²) in [5.41, 5.74) is -0.433. The zero-order chi connectivity index (χ0) is 20.5. The van der Waals surface area contributed by atoms with Crippen LogP contribution in [-0.2, 0) is 4.79 Å². The van der Waals surface area contributed by atoms with E-state index in [-0.39, 0.29) is 29.7 Å². The van der Waals surface area contributed by atoms with Gasteiger partial charge >= 0.3 is 0 Å². The van der Waals surface area contributed by atoms with Crippen LogP contribution in [-0.4, -0.2) is 38.3 Å². The molecule has 0 radical (unpaired) electrons. The van der Waals surface area contributed by atoms with Gasteiger partial charge in [0.15, 0.2) is 5.78 Å². The summed E-state index contributed by atoms with van der Waals surface area (Å²) in [6.07, 6.45) is 3.85.